The highest BCUT2D eigenvalue weighted by Gasteiger charge is 2.56. The summed E-state index contributed by atoms with van der Waals surface area (Å²) in [5.41, 5.74) is 21.1. The molecule has 824 valence electrons. The van der Waals surface area contributed by atoms with E-state index in [0.717, 1.165) is 203 Å². The summed E-state index contributed by atoms with van der Waals surface area (Å²) < 4.78 is 0. The van der Waals surface area contributed by atoms with E-state index in [2.05, 4.69) is 81.3 Å². The van der Waals surface area contributed by atoms with Gasteiger partial charge in [-0.3, -0.25) is 58.1 Å². The van der Waals surface area contributed by atoms with Gasteiger partial charge in [0, 0.05) is 157 Å². The Kier molecular flexibility index (Phi) is 59.3. The number of Topliss-reactive ketones (excluding diaryl/α,β-unsaturated/α-hetero) is 7. The Hall–Kier alpha value is -4.67. The molecule has 0 bridgehead atoms. The predicted octanol–water partition coefficient (Wildman–Crippen LogP) is 25.1. The van der Waals surface area contributed by atoms with Crippen molar-refractivity contribution in [3.63, 3.8) is 0 Å². The van der Waals surface area contributed by atoms with Crippen LogP contribution in [0, 0.1) is 11.8 Å². The third-order valence-corrected chi connectivity index (χ3v) is 31.5. The van der Waals surface area contributed by atoms with Gasteiger partial charge in [0.15, 0.2) is 11.6 Å². The van der Waals surface area contributed by atoms with Gasteiger partial charge >= 0.3 is 0 Å². The highest BCUT2D eigenvalue weighted by molar-refractivity contribution is 5.93. The highest BCUT2D eigenvalue weighted by atomic mass is 35.5. The van der Waals surface area contributed by atoms with Crippen LogP contribution in [-0.2, 0) is 43.2 Å². The largest absolute Gasteiger partial charge is 0.870 e. The SMILES string of the molecule is CC(C)=NC(C)(C)C(C(=O)CC1(N)CCCCC1)C1(O)CCCCC1.CC(C)=NC(C)(C)CC(=O)C=C1CCCCC1.CC(C)=NC(C)(C)CC(=O)CC1(N)CCCCC1.CC1(C)CC(=O)C(C2(O)CCCCC2)C(C)(C)N1.CC1(C)CC(=O)CC(C)(C)N1.Cl.N.N.NC1(CC(=O)C=C2CCCCC2)CCCCC1.O.O=C1CC2(CCCCC2)NC2(CCCCC2)C1.O=C1CCCCC1.O=C1CCCCC1.[OH-]. The second kappa shape index (κ2) is 62.2. The van der Waals surface area contributed by atoms with Crippen molar-refractivity contribution in [3.05, 3.63) is 23.3 Å². The highest BCUT2D eigenvalue weighted by Crippen LogP contribution is 2.48. The van der Waals surface area contributed by atoms with Crippen molar-refractivity contribution < 1.29 is 64.3 Å². The van der Waals surface area contributed by atoms with Crippen molar-refractivity contribution in [2.75, 3.05) is 0 Å². The molecule has 14 fully saturated rings. The number of hydrogen-bond acceptors (Lipinski definition) is 23. The fourth-order valence-corrected chi connectivity index (χ4v) is 26.9. The van der Waals surface area contributed by atoms with Gasteiger partial charge in [0.25, 0.3) is 0 Å². The molecule has 14 rings (SSSR count). The number of hydrogen-bond donors (Lipinski definition) is 10. The number of nitrogens with one attached hydrogen (secondary N) is 3. The average molecular weight is 2020 g/mol. The van der Waals surface area contributed by atoms with Crippen LogP contribution in [0.15, 0.2) is 38.3 Å². The molecule has 0 aromatic carbocycles. The first-order valence-corrected chi connectivity index (χ1v) is 55.7. The Bertz CT molecular complexity index is 3880. The summed E-state index contributed by atoms with van der Waals surface area (Å²) in [6.45, 7) is 40.4. The maximum Gasteiger partial charge on any atom is 0.158 e. The third kappa shape index (κ3) is 50.3. The summed E-state index contributed by atoms with van der Waals surface area (Å²) in [4.78, 5) is 120. The minimum absolute atomic E-state index is 0. The maximum absolute atomic E-state index is 13.4. The lowest BCUT2D eigenvalue weighted by Gasteiger charge is -2.53. The first kappa shape index (κ1) is 135. The Morgan fingerprint density at radius 2 is 0.662 bits per heavy atom. The zero-order valence-electron chi connectivity index (χ0n) is 94.2. The number of ketones is 9. The van der Waals surface area contributed by atoms with Gasteiger partial charge in [-0.1, -0.05) is 172 Å². The van der Waals surface area contributed by atoms with Crippen molar-refractivity contribution in [2.45, 2.75) is 633 Å². The molecule has 0 aromatic heterocycles. The van der Waals surface area contributed by atoms with Gasteiger partial charge in [-0.15, -0.1) is 12.4 Å². The summed E-state index contributed by atoms with van der Waals surface area (Å²) in [7, 11) is 0. The molecule has 20 N–H and O–H groups in total. The fourth-order valence-electron chi connectivity index (χ4n) is 26.9. The number of halogens is 1. The van der Waals surface area contributed by atoms with Crippen LogP contribution in [0.4, 0.5) is 0 Å². The first-order valence-electron chi connectivity index (χ1n) is 55.7. The zero-order chi connectivity index (χ0) is 102. The van der Waals surface area contributed by atoms with E-state index in [1.807, 2.05) is 95.2 Å². The van der Waals surface area contributed by atoms with Crippen LogP contribution in [0.2, 0.25) is 0 Å². The van der Waals surface area contributed by atoms with E-state index in [1.54, 1.807) is 0 Å². The minimum atomic E-state index is -0.942. The summed E-state index contributed by atoms with van der Waals surface area (Å²) in [5.74, 6) is 2.20. The molecule has 0 aromatic rings. The summed E-state index contributed by atoms with van der Waals surface area (Å²) in [6, 6.07) is 0. The van der Waals surface area contributed by atoms with E-state index in [-0.39, 0.29) is 131 Å². The normalized spacial score (nSPS) is 24.3. The molecule has 11 aliphatic carbocycles. The lowest BCUT2D eigenvalue weighted by Crippen LogP contribution is -2.68. The van der Waals surface area contributed by atoms with E-state index in [0.29, 0.717) is 87.3 Å². The predicted molar refractivity (Wildman–Crippen MR) is 592 cm³/mol. The van der Waals surface area contributed by atoms with Crippen LogP contribution in [-0.4, -0.2) is 168 Å². The van der Waals surface area contributed by atoms with E-state index in [9.17, 15) is 53.4 Å². The molecule has 2 unspecified atom stereocenters. The zero-order valence-corrected chi connectivity index (χ0v) is 95.0. The van der Waals surface area contributed by atoms with Gasteiger partial charge in [-0.05, 0) is 318 Å². The standard InChI is InChI=1S/C21H38N2O2.C15H28N2O.C15H27NO2.3C15H25NO.C9H17NO.2C6H10O.ClH.2H3N.2H2O/c1-16(2)23-19(3,4)18(21(25)13-9-6-10-14-21)17(24)15-20(22)11-7-5-8-12-20;1-12(2)17-14(3,4)10-13(18)11-15(16)8-6-5-7-9-15;1-13(2)10-11(17)12(14(3,4)16-13)15(18)8-6-5-7-9-15;17-13-11-14(7-3-1-4-8-14)16-15(12-13)9-5-2-6-10-15;16-15(9-5-2-6-10-15)12-14(17)11-13-7-3-1-4-8-13;1-12(2)16-15(3,4)11-14(17)10-13-8-6-5-7-9-13;1-8(2)5-7(11)6-9(3,4)10-8;2*7-6-4-2-1-3-5-6;;;;;/h18,25H,5-15,22H2,1-4H3;5-11,16H2,1-4H3;12,16,18H,5-10H2,1-4H3;16H,1-12H2;11H,1-10,12,16H2;10H,5-9,11H2,1-4H3;10H,5-6H2,1-4H3;2*1-5H2;1H;2*1H3;2*1H2/p-1. The van der Waals surface area contributed by atoms with Gasteiger partial charge < -0.3 is 66.6 Å². The quantitative estimate of drug-likeness (QED) is 0.0424. The number of carbonyl (C=O) groups is 9. The Balaban J connectivity index is 0.000000810. The number of rotatable bonds is 19. The number of aliphatic hydroxyl groups is 2. The van der Waals surface area contributed by atoms with Gasteiger partial charge in [0.05, 0.1) is 39.7 Å². The lowest BCUT2D eigenvalue weighted by atomic mass is 9.62. The molecule has 3 heterocycles. The minimum Gasteiger partial charge on any atom is -0.870 e. The second-order valence-corrected chi connectivity index (χ2v) is 51.0. The molecule has 0 amide bonds. The monoisotopic (exact) mass is 2020 g/mol. The van der Waals surface area contributed by atoms with Crippen LogP contribution in [0.25, 0.3) is 0 Å². The maximum atomic E-state index is 13.4. The topological polar surface area (TPSA) is 477 Å². The van der Waals surface area contributed by atoms with Gasteiger partial charge in [0.1, 0.15) is 40.5 Å². The van der Waals surface area contributed by atoms with E-state index >= 15 is 0 Å². The van der Waals surface area contributed by atoms with Crippen molar-refractivity contribution in [1.29, 1.82) is 0 Å². The number of aliphatic imine (C=N–C) groups is 3. The second-order valence-electron chi connectivity index (χ2n) is 51.0. The Morgan fingerprint density at radius 1 is 0.366 bits per heavy atom. The molecule has 24 nitrogen and oxygen atoms in total. The van der Waals surface area contributed by atoms with E-state index in [1.165, 1.54) is 178 Å². The van der Waals surface area contributed by atoms with Gasteiger partial charge in [0.2, 0.25) is 0 Å². The van der Waals surface area contributed by atoms with Crippen molar-refractivity contribution >= 4 is 81.6 Å². The molecule has 3 saturated heterocycles. The molecular formula is C117H215ClN11O13-. The summed E-state index contributed by atoms with van der Waals surface area (Å²) in [5, 5.41) is 33.3. The Morgan fingerprint density at radius 3 is 1.00 bits per heavy atom. The molecular weight excluding hydrogens is 1800 g/mol. The molecule has 0 radical (unpaired) electrons. The number of carbonyl (C=O) groups excluding carboxylic acids is 9. The van der Waals surface area contributed by atoms with Crippen molar-refractivity contribution in [2.24, 2.45) is 44.0 Å². The third-order valence-electron chi connectivity index (χ3n) is 31.5. The molecule has 14 aliphatic rings. The summed E-state index contributed by atoms with van der Waals surface area (Å²) in [6.07, 6.45) is 71.2. The molecule has 142 heavy (non-hydrogen) atoms. The molecule has 11 saturated carbocycles. The molecule has 25 heteroatoms. The van der Waals surface area contributed by atoms with Crippen molar-refractivity contribution in [3.8, 4) is 0 Å². The number of allylic oxidation sites excluding steroid dienone is 4. The number of nitrogens with two attached hydrogens (primary N) is 3. The van der Waals surface area contributed by atoms with E-state index < -0.39 is 22.7 Å². The van der Waals surface area contributed by atoms with Crippen LogP contribution in [0.5, 0.6) is 0 Å². The first-order chi connectivity index (χ1) is 63.9. The van der Waals surface area contributed by atoms with Crippen molar-refractivity contribution in [1.82, 2.24) is 28.3 Å². The molecule has 3 aliphatic heterocycles. The fraction of sp³-hybridized carbons (Fsp3) is 0.863. The van der Waals surface area contributed by atoms with Crippen LogP contribution < -0.4 is 45.5 Å². The van der Waals surface area contributed by atoms with E-state index in [4.69, 9.17) is 22.2 Å². The lowest BCUT2D eigenvalue weighted by molar-refractivity contribution is -0.150. The van der Waals surface area contributed by atoms with Gasteiger partial charge in [-0.25, -0.2) is 0 Å². The molecule has 2 atom stereocenters. The summed E-state index contributed by atoms with van der Waals surface area (Å²) >= 11 is 0. The number of nitrogens with zero attached hydrogens (tertiary/aromatic N) is 3. The Labute approximate surface area is 869 Å². The smallest absolute Gasteiger partial charge is 0.158 e. The van der Waals surface area contributed by atoms with Gasteiger partial charge in [-0.2, -0.15) is 0 Å². The van der Waals surface area contributed by atoms with Crippen LogP contribution >= 0.6 is 12.4 Å². The van der Waals surface area contributed by atoms with Crippen LogP contribution in [0.3, 0.4) is 0 Å². The average Bonchev–Trinajstić information content (AvgIpc) is 0.744. The molecule has 2 spiro atoms. The van der Waals surface area contributed by atoms with Crippen LogP contribution in [0.1, 0.15) is 556 Å². The number of piperidine rings is 3.